The van der Waals surface area contributed by atoms with E-state index in [0.29, 0.717) is 0 Å². The minimum atomic E-state index is -1.09. The van der Waals surface area contributed by atoms with E-state index in [9.17, 15) is 4.21 Å². The number of thiophene rings is 2. The van der Waals surface area contributed by atoms with Crippen molar-refractivity contribution < 1.29 is 4.21 Å². The summed E-state index contributed by atoms with van der Waals surface area (Å²) in [6, 6.07) is 0. The van der Waals surface area contributed by atoms with Crippen LogP contribution in [0.5, 0.6) is 0 Å². The van der Waals surface area contributed by atoms with Gasteiger partial charge in [-0.3, -0.25) is 0 Å². The number of halogens is 2. The second-order valence-corrected chi connectivity index (χ2v) is 13.6. The number of rotatable bonds is 0. The number of fused-ring (bicyclic) bond motifs is 3. The highest BCUT2D eigenvalue weighted by atomic mass is 79.9. The van der Waals surface area contributed by atoms with Gasteiger partial charge < -0.3 is 0 Å². The average molecular weight is 482 g/mol. The molecule has 3 heterocycles. The standard InChI is InChI=1S/C16H18Br2OS3/c1-15(2,3)7-11-9(20-13(7)17)10-12(22(11)19)8(14(18)21-10)16(4,5)6/h1-6H3. The van der Waals surface area contributed by atoms with Crippen molar-refractivity contribution >= 4 is 65.3 Å². The summed E-state index contributed by atoms with van der Waals surface area (Å²) in [5.74, 6) is 0. The molecule has 1 aliphatic heterocycles. The maximum absolute atomic E-state index is 13.3. The van der Waals surface area contributed by atoms with Crippen LogP contribution in [0.1, 0.15) is 52.7 Å². The lowest BCUT2D eigenvalue weighted by atomic mass is 9.88. The Bertz CT molecular complexity index is 735. The Morgan fingerprint density at radius 2 is 1.09 bits per heavy atom. The Hall–Kier alpha value is 0.510. The van der Waals surface area contributed by atoms with E-state index in [1.165, 1.54) is 20.9 Å². The van der Waals surface area contributed by atoms with Crippen molar-refractivity contribution in [3.05, 3.63) is 18.7 Å². The molecule has 0 saturated carbocycles. The minimum Gasteiger partial charge on any atom is -0.249 e. The molecule has 6 heteroatoms. The van der Waals surface area contributed by atoms with Gasteiger partial charge in [0.25, 0.3) is 0 Å². The van der Waals surface area contributed by atoms with Crippen LogP contribution >= 0.6 is 54.5 Å². The molecule has 0 amide bonds. The van der Waals surface area contributed by atoms with E-state index in [2.05, 4.69) is 73.4 Å². The van der Waals surface area contributed by atoms with Crippen LogP contribution in [0.2, 0.25) is 0 Å². The molecule has 3 rings (SSSR count). The molecule has 0 unspecified atom stereocenters. The Balaban J connectivity index is 2.34. The van der Waals surface area contributed by atoms with E-state index in [4.69, 9.17) is 0 Å². The van der Waals surface area contributed by atoms with Gasteiger partial charge in [0.1, 0.15) is 0 Å². The highest BCUT2D eigenvalue weighted by Crippen LogP contribution is 2.59. The van der Waals surface area contributed by atoms with E-state index in [1.807, 2.05) is 0 Å². The van der Waals surface area contributed by atoms with Gasteiger partial charge in [0.2, 0.25) is 0 Å². The van der Waals surface area contributed by atoms with Crippen molar-refractivity contribution in [3.8, 4) is 9.75 Å². The van der Waals surface area contributed by atoms with Crippen molar-refractivity contribution in [1.82, 2.24) is 0 Å². The minimum absolute atomic E-state index is 0.0220. The summed E-state index contributed by atoms with van der Waals surface area (Å²) in [5.41, 5.74) is 2.35. The third-order valence-corrected chi connectivity index (χ3v) is 9.42. The van der Waals surface area contributed by atoms with Gasteiger partial charge in [0.05, 0.1) is 37.9 Å². The molecule has 0 aromatic carbocycles. The van der Waals surface area contributed by atoms with Crippen LogP contribution in [0.4, 0.5) is 0 Å². The third-order valence-electron chi connectivity index (χ3n) is 3.72. The molecule has 0 saturated heterocycles. The molecular weight excluding hydrogens is 464 g/mol. The summed E-state index contributed by atoms with van der Waals surface area (Å²) < 4.78 is 15.6. The average Bonchev–Trinajstić information content (AvgIpc) is 2.89. The van der Waals surface area contributed by atoms with Gasteiger partial charge in [-0.05, 0) is 53.8 Å². The maximum atomic E-state index is 13.3. The molecule has 1 nitrogen and oxygen atoms in total. The Kier molecular flexibility index (Phi) is 4.14. The molecule has 0 fully saturated rings. The van der Waals surface area contributed by atoms with Gasteiger partial charge in [0.15, 0.2) is 0 Å². The highest BCUT2D eigenvalue weighted by molar-refractivity contribution is 9.11. The van der Waals surface area contributed by atoms with E-state index in [1.54, 1.807) is 22.7 Å². The van der Waals surface area contributed by atoms with Crippen molar-refractivity contribution in [3.63, 3.8) is 0 Å². The van der Waals surface area contributed by atoms with E-state index >= 15 is 0 Å². The summed E-state index contributed by atoms with van der Waals surface area (Å²) >= 11 is 10.8. The zero-order chi connectivity index (χ0) is 16.6. The first-order valence-corrected chi connectivity index (χ1v) is 11.4. The second-order valence-electron chi connectivity index (χ2n) is 7.59. The zero-order valence-corrected chi connectivity index (χ0v) is 19.0. The van der Waals surface area contributed by atoms with Crippen LogP contribution in [0.25, 0.3) is 9.75 Å². The van der Waals surface area contributed by atoms with Gasteiger partial charge >= 0.3 is 0 Å². The Morgan fingerprint density at radius 1 is 0.773 bits per heavy atom. The predicted octanol–water partition coefficient (Wildman–Crippen LogP) is 7.08. The lowest BCUT2D eigenvalue weighted by molar-refractivity contribution is 0.573. The van der Waals surface area contributed by atoms with Crippen molar-refractivity contribution in [2.75, 3.05) is 0 Å². The number of hydrogen-bond acceptors (Lipinski definition) is 3. The number of hydrogen-bond donors (Lipinski definition) is 0. The van der Waals surface area contributed by atoms with Crippen LogP contribution in [-0.4, -0.2) is 4.21 Å². The van der Waals surface area contributed by atoms with Gasteiger partial charge in [-0.25, -0.2) is 4.21 Å². The van der Waals surface area contributed by atoms with Crippen LogP contribution in [0.15, 0.2) is 17.4 Å². The molecule has 0 aliphatic carbocycles. The summed E-state index contributed by atoms with van der Waals surface area (Å²) in [5, 5.41) is 0. The highest BCUT2D eigenvalue weighted by Gasteiger charge is 2.41. The zero-order valence-electron chi connectivity index (χ0n) is 13.4. The van der Waals surface area contributed by atoms with Crippen LogP contribution < -0.4 is 0 Å². The maximum Gasteiger partial charge on any atom is 0.0887 e. The molecule has 120 valence electrons. The van der Waals surface area contributed by atoms with Crippen LogP contribution in [-0.2, 0) is 21.6 Å². The van der Waals surface area contributed by atoms with Crippen LogP contribution in [0, 0.1) is 0 Å². The first-order chi connectivity index (χ1) is 9.94. The smallest absolute Gasteiger partial charge is 0.0887 e. The largest absolute Gasteiger partial charge is 0.249 e. The molecule has 0 N–H and O–H groups in total. The Labute approximate surface area is 159 Å². The fourth-order valence-electron chi connectivity index (χ4n) is 2.81. The quantitative estimate of drug-likeness (QED) is 0.335. The summed E-state index contributed by atoms with van der Waals surface area (Å²) in [7, 11) is -1.09. The van der Waals surface area contributed by atoms with Gasteiger partial charge in [-0.1, -0.05) is 41.5 Å². The molecule has 0 atom stereocenters. The van der Waals surface area contributed by atoms with Gasteiger partial charge in [-0.2, -0.15) is 0 Å². The Morgan fingerprint density at radius 3 is 1.36 bits per heavy atom. The molecule has 22 heavy (non-hydrogen) atoms. The van der Waals surface area contributed by atoms with Crippen molar-refractivity contribution in [2.24, 2.45) is 0 Å². The first-order valence-electron chi connectivity index (χ1n) is 7.02. The van der Waals surface area contributed by atoms with Gasteiger partial charge in [-0.15, -0.1) is 22.7 Å². The summed E-state index contributed by atoms with van der Waals surface area (Å²) in [4.78, 5) is 4.44. The normalized spacial score (nSPS) is 15.3. The lowest BCUT2D eigenvalue weighted by Crippen LogP contribution is -2.15. The lowest BCUT2D eigenvalue weighted by Gasteiger charge is -2.22. The first kappa shape index (κ1) is 17.3. The second kappa shape index (κ2) is 5.25. The molecule has 2 aromatic heterocycles. The SMILES string of the molecule is CC(C)(C)c1c(Br)sc2c1S(=O)c1c-2sc(Br)c1C(C)(C)C. The molecular formula is C16H18Br2OS3. The fourth-order valence-corrected chi connectivity index (χ4v) is 10.9. The molecule has 1 aliphatic rings. The van der Waals surface area contributed by atoms with Gasteiger partial charge in [0, 0.05) is 0 Å². The van der Waals surface area contributed by atoms with Crippen molar-refractivity contribution in [1.29, 1.82) is 0 Å². The van der Waals surface area contributed by atoms with E-state index in [-0.39, 0.29) is 10.8 Å². The monoisotopic (exact) mass is 480 g/mol. The summed E-state index contributed by atoms with van der Waals surface area (Å²) in [6.07, 6.45) is 0. The van der Waals surface area contributed by atoms with Crippen molar-refractivity contribution in [2.45, 2.75) is 62.2 Å². The molecule has 0 spiro atoms. The molecule has 0 bridgehead atoms. The fraction of sp³-hybridized carbons (Fsp3) is 0.500. The molecule has 0 radical (unpaired) electrons. The van der Waals surface area contributed by atoms with Crippen LogP contribution in [0.3, 0.4) is 0 Å². The van der Waals surface area contributed by atoms with E-state index < -0.39 is 10.8 Å². The van der Waals surface area contributed by atoms with E-state index in [0.717, 1.165) is 17.4 Å². The third kappa shape index (κ3) is 2.44. The summed E-state index contributed by atoms with van der Waals surface area (Å²) in [6.45, 7) is 13.1. The predicted molar refractivity (Wildman–Crippen MR) is 105 cm³/mol. The topological polar surface area (TPSA) is 17.1 Å². The molecule has 2 aromatic rings.